The SMILES string of the molecule is CCCOCCOC(=O)CN1C(=O)C(C)Oc2ccc(C(C)=O)cc21. The third-order valence-corrected chi connectivity index (χ3v) is 3.70. The van der Waals surface area contributed by atoms with Crippen molar-refractivity contribution in [2.24, 2.45) is 0 Å². The van der Waals surface area contributed by atoms with Crippen LogP contribution < -0.4 is 9.64 Å². The number of anilines is 1. The molecule has 0 saturated carbocycles. The predicted molar refractivity (Wildman–Crippen MR) is 91.0 cm³/mol. The van der Waals surface area contributed by atoms with Gasteiger partial charge in [-0.05, 0) is 38.5 Å². The van der Waals surface area contributed by atoms with Crippen molar-refractivity contribution in [2.45, 2.75) is 33.3 Å². The molecule has 1 aliphatic rings. The standard InChI is InChI=1S/C18H23NO6/c1-4-7-23-8-9-24-17(21)11-19-15-10-14(12(2)20)5-6-16(15)25-13(3)18(19)22/h5-6,10,13H,4,7-9,11H2,1-3H3. The summed E-state index contributed by atoms with van der Waals surface area (Å²) in [6, 6.07) is 4.82. The van der Waals surface area contributed by atoms with E-state index in [-0.39, 0.29) is 24.8 Å². The van der Waals surface area contributed by atoms with E-state index in [1.807, 2.05) is 6.92 Å². The maximum atomic E-state index is 12.4. The number of nitrogens with zero attached hydrogens (tertiary/aromatic N) is 1. The molecular weight excluding hydrogens is 326 g/mol. The first-order valence-electron chi connectivity index (χ1n) is 8.30. The van der Waals surface area contributed by atoms with Crippen LogP contribution in [0.5, 0.6) is 5.75 Å². The van der Waals surface area contributed by atoms with Crippen molar-refractivity contribution in [2.75, 3.05) is 31.3 Å². The van der Waals surface area contributed by atoms with E-state index in [1.165, 1.54) is 11.8 Å². The number of carbonyl (C=O) groups excluding carboxylic acids is 3. The molecule has 1 aromatic rings. The van der Waals surface area contributed by atoms with Crippen molar-refractivity contribution < 1.29 is 28.6 Å². The Morgan fingerprint density at radius 3 is 2.68 bits per heavy atom. The van der Waals surface area contributed by atoms with E-state index in [1.54, 1.807) is 25.1 Å². The molecular formula is C18H23NO6. The predicted octanol–water partition coefficient (Wildman–Crippen LogP) is 1.97. The van der Waals surface area contributed by atoms with Gasteiger partial charge in [0.1, 0.15) is 18.9 Å². The summed E-state index contributed by atoms with van der Waals surface area (Å²) >= 11 is 0. The Kier molecular flexibility index (Phi) is 6.52. The van der Waals surface area contributed by atoms with Crippen LogP contribution in [0.3, 0.4) is 0 Å². The summed E-state index contributed by atoms with van der Waals surface area (Å²) in [5.41, 5.74) is 0.839. The van der Waals surface area contributed by atoms with Gasteiger partial charge in [0.25, 0.3) is 5.91 Å². The van der Waals surface area contributed by atoms with Crippen molar-refractivity contribution in [1.82, 2.24) is 0 Å². The summed E-state index contributed by atoms with van der Waals surface area (Å²) in [5.74, 6) is -0.574. The van der Waals surface area contributed by atoms with E-state index in [9.17, 15) is 14.4 Å². The van der Waals surface area contributed by atoms with Crippen LogP contribution in [-0.4, -0.2) is 50.1 Å². The van der Waals surface area contributed by atoms with Gasteiger partial charge in [-0.3, -0.25) is 19.3 Å². The van der Waals surface area contributed by atoms with Gasteiger partial charge in [0.2, 0.25) is 0 Å². The van der Waals surface area contributed by atoms with Gasteiger partial charge in [0.15, 0.2) is 11.9 Å². The second-order valence-corrected chi connectivity index (χ2v) is 5.76. The zero-order valence-corrected chi connectivity index (χ0v) is 14.7. The first kappa shape index (κ1) is 18.9. The number of rotatable bonds is 8. The summed E-state index contributed by atoms with van der Waals surface area (Å²) < 4.78 is 15.9. The molecule has 0 aliphatic carbocycles. The Morgan fingerprint density at radius 1 is 1.24 bits per heavy atom. The summed E-state index contributed by atoms with van der Waals surface area (Å²) in [7, 11) is 0. The highest BCUT2D eigenvalue weighted by molar-refractivity contribution is 6.04. The second-order valence-electron chi connectivity index (χ2n) is 5.76. The molecule has 7 nitrogen and oxygen atoms in total. The summed E-state index contributed by atoms with van der Waals surface area (Å²) in [6.45, 7) is 5.86. The molecule has 25 heavy (non-hydrogen) atoms. The zero-order chi connectivity index (χ0) is 18.4. The minimum absolute atomic E-state index is 0.132. The Bertz CT molecular complexity index is 657. The number of esters is 1. The van der Waals surface area contributed by atoms with Gasteiger partial charge in [0, 0.05) is 12.2 Å². The quantitative estimate of drug-likeness (QED) is 0.405. The largest absolute Gasteiger partial charge is 0.479 e. The molecule has 0 fully saturated rings. The normalized spacial score (nSPS) is 16.2. The molecule has 0 spiro atoms. The molecule has 7 heteroatoms. The minimum Gasteiger partial charge on any atom is -0.479 e. The van der Waals surface area contributed by atoms with Gasteiger partial charge >= 0.3 is 5.97 Å². The molecule has 1 atom stereocenters. The lowest BCUT2D eigenvalue weighted by Gasteiger charge is -2.32. The van der Waals surface area contributed by atoms with Crippen molar-refractivity contribution >= 4 is 23.3 Å². The fraction of sp³-hybridized carbons (Fsp3) is 0.500. The fourth-order valence-corrected chi connectivity index (χ4v) is 2.42. The molecule has 1 aromatic carbocycles. The average molecular weight is 349 g/mol. The molecule has 1 aliphatic heterocycles. The van der Waals surface area contributed by atoms with Crippen LogP contribution in [0.1, 0.15) is 37.6 Å². The summed E-state index contributed by atoms with van der Waals surface area (Å²) in [6.07, 6.45) is 0.181. The van der Waals surface area contributed by atoms with Crippen molar-refractivity contribution in [1.29, 1.82) is 0 Å². The van der Waals surface area contributed by atoms with E-state index in [4.69, 9.17) is 14.2 Å². The average Bonchev–Trinajstić information content (AvgIpc) is 2.58. The van der Waals surface area contributed by atoms with Gasteiger partial charge in [0.05, 0.1) is 12.3 Å². The van der Waals surface area contributed by atoms with E-state index in [2.05, 4.69) is 0 Å². The Hall–Kier alpha value is -2.41. The van der Waals surface area contributed by atoms with Crippen LogP contribution in [-0.2, 0) is 19.1 Å². The Balaban J connectivity index is 2.08. The number of fused-ring (bicyclic) bond motifs is 1. The third-order valence-electron chi connectivity index (χ3n) is 3.70. The van der Waals surface area contributed by atoms with E-state index >= 15 is 0 Å². The van der Waals surface area contributed by atoms with Crippen LogP contribution in [0.25, 0.3) is 0 Å². The van der Waals surface area contributed by atoms with Gasteiger partial charge in [-0.1, -0.05) is 6.92 Å². The lowest BCUT2D eigenvalue weighted by atomic mass is 10.1. The Morgan fingerprint density at radius 2 is 2.00 bits per heavy atom. The number of ketones is 1. The monoisotopic (exact) mass is 349 g/mol. The van der Waals surface area contributed by atoms with Gasteiger partial charge in [-0.25, -0.2) is 0 Å². The number of benzene rings is 1. The lowest BCUT2D eigenvalue weighted by Crippen LogP contribution is -2.47. The number of amides is 1. The first-order valence-corrected chi connectivity index (χ1v) is 8.30. The first-order chi connectivity index (χ1) is 11.9. The maximum absolute atomic E-state index is 12.4. The maximum Gasteiger partial charge on any atom is 0.326 e. The van der Waals surface area contributed by atoms with E-state index < -0.39 is 12.1 Å². The van der Waals surface area contributed by atoms with Gasteiger partial charge in [-0.15, -0.1) is 0 Å². The van der Waals surface area contributed by atoms with Crippen molar-refractivity contribution in [3.05, 3.63) is 23.8 Å². The molecule has 0 N–H and O–H groups in total. The van der Waals surface area contributed by atoms with E-state index in [0.717, 1.165) is 6.42 Å². The van der Waals surface area contributed by atoms with Crippen LogP contribution >= 0.6 is 0 Å². The topological polar surface area (TPSA) is 82.1 Å². The van der Waals surface area contributed by atoms with Crippen LogP contribution in [0.15, 0.2) is 18.2 Å². The minimum atomic E-state index is -0.712. The molecule has 0 radical (unpaired) electrons. The summed E-state index contributed by atoms with van der Waals surface area (Å²) in [4.78, 5) is 37.3. The number of ether oxygens (including phenoxy) is 3. The molecule has 0 aromatic heterocycles. The zero-order valence-electron chi connectivity index (χ0n) is 14.7. The van der Waals surface area contributed by atoms with Gasteiger partial charge in [-0.2, -0.15) is 0 Å². The molecule has 0 saturated heterocycles. The second kappa shape index (κ2) is 8.62. The number of hydrogen-bond donors (Lipinski definition) is 0. The van der Waals surface area contributed by atoms with Crippen LogP contribution in [0.2, 0.25) is 0 Å². The summed E-state index contributed by atoms with van der Waals surface area (Å²) in [5, 5.41) is 0. The van der Waals surface area contributed by atoms with Gasteiger partial charge < -0.3 is 14.2 Å². The van der Waals surface area contributed by atoms with Crippen LogP contribution in [0, 0.1) is 0 Å². The van der Waals surface area contributed by atoms with Crippen molar-refractivity contribution in [3.63, 3.8) is 0 Å². The number of carbonyl (C=O) groups is 3. The highest BCUT2D eigenvalue weighted by Crippen LogP contribution is 2.35. The third kappa shape index (κ3) is 4.79. The van der Waals surface area contributed by atoms with E-state index in [0.29, 0.717) is 30.2 Å². The highest BCUT2D eigenvalue weighted by atomic mass is 16.6. The van der Waals surface area contributed by atoms with Crippen molar-refractivity contribution in [3.8, 4) is 5.75 Å². The molecule has 1 heterocycles. The molecule has 0 bridgehead atoms. The number of Topliss-reactive ketones (excluding diaryl/α,β-unsaturated/α-hetero) is 1. The lowest BCUT2D eigenvalue weighted by molar-refractivity contribution is -0.144. The molecule has 136 valence electrons. The smallest absolute Gasteiger partial charge is 0.326 e. The highest BCUT2D eigenvalue weighted by Gasteiger charge is 2.33. The Labute approximate surface area is 146 Å². The van der Waals surface area contributed by atoms with Crippen LogP contribution in [0.4, 0.5) is 5.69 Å². The number of hydrogen-bond acceptors (Lipinski definition) is 6. The molecule has 2 rings (SSSR count). The molecule has 1 unspecified atom stereocenters. The fourth-order valence-electron chi connectivity index (χ4n) is 2.42. The molecule has 1 amide bonds.